The molecule has 26 heavy (non-hydrogen) atoms. The molecule has 0 saturated heterocycles. The molecule has 0 unspecified atom stereocenters. The Labute approximate surface area is 153 Å². The maximum Gasteiger partial charge on any atom is 0.238 e. The third-order valence-corrected chi connectivity index (χ3v) is 4.18. The molecule has 0 spiro atoms. The van der Waals surface area contributed by atoms with Crippen LogP contribution >= 0.6 is 0 Å². The molecule has 6 heteroatoms. The molecular formula is C20H24FN3O2. The highest BCUT2D eigenvalue weighted by molar-refractivity contribution is 5.92. The van der Waals surface area contributed by atoms with Crippen LogP contribution in [0.15, 0.2) is 54.6 Å². The zero-order valence-electron chi connectivity index (χ0n) is 15.3. The fourth-order valence-corrected chi connectivity index (χ4v) is 2.58. The maximum absolute atomic E-state index is 13.1. The van der Waals surface area contributed by atoms with E-state index in [0.717, 1.165) is 5.56 Å². The van der Waals surface area contributed by atoms with Gasteiger partial charge in [-0.3, -0.25) is 14.5 Å². The number of amides is 2. The van der Waals surface area contributed by atoms with Crippen molar-refractivity contribution in [1.82, 2.24) is 9.80 Å². The molecule has 0 heterocycles. The first kappa shape index (κ1) is 19.6. The van der Waals surface area contributed by atoms with Crippen molar-refractivity contribution in [2.75, 3.05) is 32.5 Å². The first-order chi connectivity index (χ1) is 12.4. The summed E-state index contributed by atoms with van der Waals surface area (Å²) in [5.74, 6) is -0.796. The van der Waals surface area contributed by atoms with Gasteiger partial charge >= 0.3 is 0 Å². The molecule has 0 aliphatic carbocycles. The zero-order valence-corrected chi connectivity index (χ0v) is 15.3. The van der Waals surface area contributed by atoms with Gasteiger partial charge in [-0.15, -0.1) is 0 Å². The van der Waals surface area contributed by atoms with Crippen molar-refractivity contribution in [3.05, 3.63) is 66.0 Å². The number of hydrogen-bond donors (Lipinski definition) is 1. The van der Waals surface area contributed by atoms with Crippen LogP contribution in [0.25, 0.3) is 0 Å². The quantitative estimate of drug-likeness (QED) is 0.829. The topological polar surface area (TPSA) is 52.7 Å². The normalized spacial score (nSPS) is 11.9. The smallest absolute Gasteiger partial charge is 0.238 e. The molecule has 138 valence electrons. The lowest BCUT2D eigenvalue weighted by Crippen LogP contribution is -2.40. The Morgan fingerprint density at radius 2 is 1.73 bits per heavy atom. The van der Waals surface area contributed by atoms with E-state index in [4.69, 9.17) is 0 Å². The highest BCUT2D eigenvalue weighted by atomic mass is 19.1. The van der Waals surface area contributed by atoms with E-state index in [1.54, 1.807) is 30.0 Å². The first-order valence-electron chi connectivity index (χ1n) is 8.41. The van der Waals surface area contributed by atoms with E-state index >= 15 is 0 Å². The molecule has 0 aliphatic rings. The van der Waals surface area contributed by atoms with Crippen LogP contribution in [0, 0.1) is 5.82 Å². The Balaban J connectivity index is 1.85. The summed E-state index contributed by atoms with van der Waals surface area (Å²) >= 11 is 0. The third-order valence-electron chi connectivity index (χ3n) is 4.18. The minimum absolute atomic E-state index is 0.0375. The Hall–Kier alpha value is -2.73. The van der Waals surface area contributed by atoms with Crippen molar-refractivity contribution in [2.24, 2.45) is 0 Å². The van der Waals surface area contributed by atoms with E-state index in [0.29, 0.717) is 5.69 Å². The van der Waals surface area contributed by atoms with Crippen molar-refractivity contribution in [2.45, 2.75) is 13.0 Å². The standard InChI is InChI=1S/C20H24FN3O2/c1-15(16-8-5-4-6-9-16)24(3)20(26)14-23(2)13-19(25)22-18-11-7-10-17(21)12-18/h4-12,15H,13-14H2,1-3H3,(H,22,25)/t15-/m0/s1. The lowest BCUT2D eigenvalue weighted by molar-refractivity contribution is -0.133. The van der Waals surface area contributed by atoms with E-state index < -0.39 is 5.82 Å². The summed E-state index contributed by atoms with van der Waals surface area (Å²) in [6.45, 7) is 2.12. The predicted octanol–water partition coefficient (Wildman–Crippen LogP) is 2.92. The minimum Gasteiger partial charge on any atom is -0.338 e. The average molecular weight is 357 g/mol. The molecule has 0 bridgehead atoms. The number of nitrogens with zero attached hydrogens (tertiary/aromatic N) is 2. The van der Waals surface area contributed by atoms with Gasteiger partial charge in [0, 0.05) is 12.7 Å². The van der Waals surface area contributed by atoms with E-state index in [9.17, 15) is 14.0 Å². The van der Waals surface area contributed by atoms with Gasteiger partial charge in [-0.1, -0.05) is 36.4 Å². The lowest BCUT2D eigenvalue weighted by Gasteiger charge is -2.27. The van der Waals surface area contributed by atoms with Gasteiger partial charge in [-0.05, 0) is 37.7 Å². The van der Waals surface area contributed by atoms with Crippen molar-refractivity contribution < 1.29 is 14.0 Å². The predicted molar refractivity (Wildman–Crippen MR) is 100 cm³/mol. The SMILES string of the molecule is C[C@@H](c1ccccc1)N(C)C(=O)CN(C)CC(=O)Nc1cccc(F)c1. The van der Waals surface area contributed by atoms with Crippen molar-refractivity contribution in [3.63, 3.8) is 0 Å². The summed E-state index contributed by atoms with van der Waals surface area (Å²) in [7, 11) is 3.45. The summed E-state index contributed by atoms with van der Waals surface area (Å²) in [4.78, 5) is 27.8. The van der Waals surface area contributed by atoms with Crippen LogP contribution in [0.3, 0.4) is 0 Å². The van der Waals surface area contributed by atoms with Crippen LogP contribution in [0.1, 0.15) is 18.5 Å². The molecule has 2 aromatic carbocycles. The number of rotatable bonds is 7. The summed E-state index contributed by atoms with van der Waals surface area (Å²) < 4.78 is 13.1. The fraction of sp³-hybridized carbons (Fsp3) is 0.300. The summed E-state index contributed by atoms with van der Waals surface area (Å²) in [5, 5.41) is 2.62. The van der Waals surface area contributed by atoms with Gasteiger partial charge in [0.05, 0.1) is 19.1 Å². The number of hydrogen-bond acceptors (Lipinski definition) is 3. The van der Waals surface area contributed by atoms with Crippen molar-refractivity contribution in [1.29, 1.82) is 0 Å². The van der Waals surface area contributed by atoms with Gasteiger partial charge in [-0.2, -0.15) is 0 Å². The number of benzene rings is 2. The monoisotopic (exact) mass is 357 g/mol. The number of anilines is 1. The largest absolute Gasteiger partial charge is 0.338 e. The number of carbonyl (C=O) groups excluding carboxylic acids is 2. The van der Waals surface area contributed by atoms with Crippen molar-refractivity contribution in [3.8, 4) is 0 Å². The lowest BCUT2D eigenvalue weighted by atomic mass is 10.1. The van der Waals surface area contributed by atoms with E-state index in [2.05, 4.69) is 5.32 Å². The van der Waals surface area contributed by atoms with E-state index in [1.165, 1.54) is 18.2 Å². The Morgan fingerprint density at radius 1 is 1.04 bits per heavy atom. The van der Waals surface area contributed by atoms with Gasteiger partial charge in [0.1, 0.15) is 5.82 Å². The second-order valence-electron chi connectivity index (χ2n) is 6.32. The number of carbonyl (C=O) groups is 2. The number of halogens is 1. The maximum atomic E-state index is 13.1. The minimum atomic E-state index is -0.414. The first-order valence-corrected chi connectivity index (χ1v) is 8.41. The summed E-state index contributed by atoms with van der Waals surface area (Å²) in [6.07, 6.45) is 0. The van der Waals surface area contributed by atoms with Gasteiger partial charge in [0.15, 0.2) is 0 Å². The second kappa shape index (κ2) is 9.10. The molecule has 0 fully saturated rings. The van der Waals surface area contributed by atoms with Crippen LogP contribution in [0.4, 0.5) is 10.1 Å². The summed E-state index contributed by atoms with van der Waals surface area (Å²) in [6, 6.07) is 15.4. The van der Waals surface area contributed by atoms with Crippen LogP contribution in [0.2, 0.25) is 0 Å². The van der Waals surface area contributed by atoms with Crippen LogP contribution in [-0.2, 0) is 9.59 Å². The molecule has 0 aromatic heterocycles. The Bertz CT molecular complexity index is 752. The van der Waals surface area contributed by atoms with Gasteiger partial charge in [0.2, 0.25) is 11.8 Å². The molecule has 0 saturated carbocycles. The van der Waals surface area contributed by atoms with Gasteiger partial charge < -0.3 is 10.2 Å². The molecule has 0 aliphatic heterocycles. The highest BCUT2D eigenvalue weighted by Gasteiger charge is 2.19. The van der Waals surface area contributed by atoms with Crippen LogP contribution in [-0.4, -0.2) is 48.8 Å². The number of nitrogens with one attached hydrogen (secondary N) is 1. The van der Waals surface area contributed by atoms with E-state index in [-0.39, 0.29) is 30.9 Å². The second-order valence-corrected chi connectivity index (χ2v) is 6.32. The molecule has 5 nitrogen and oxygen atoms in total. The van der Waals surface area contributed by atoms with Crippen LogP contribution in [0.5, 0.6) is 0 Å². The van der Waals surface area contributed by atoms with Gasteiger partial charge in [0.25, 0.3) is 0 Å². The summed E-state index contributed by atoms with van der Waals surface area (Å²) in [5.41, 5.74) is 1.44. The molecule has 2 amide bonds. The Kier molecular flexibility index (Phi) is 6.86. The molecular weight excluding hydrogens is 333 g/mol. The molecule has 2 rings (SSSR count). The van der Waals surface area contributed by atoms with E-state index in [1.807, 2.05) is 37.3 Å². The van der Waals surface area contributed by atoms with Gasteiger partial charge in [-0.25, -0.2) is 4.39 Å². The molecule has 1 N–H and O–H groups in total. The third kappa shape index (κ3) is 5.67. The molecule has 1 atom stereocenters. The average Bonchev–Trinajstić information content (AvgIpc) is 2.60. The molecule has 2 aromatic rings. The van der Waals surface area contributed by atoms with Crippen LogP contribution < -0.4 is 5.32 Å². The van der Waals surface area contributed by atoms with Crippen molar-refractivity contribution >= 4 is 17.5 Å². The zero-order chi connectivity index (χ0) is 19.1. The Morgan fingerprint density at radius 3 is 2.38 bits per heavy atom. The number of likely N-dealkylation sites (N-methyl/N-ethyl adjacent to an activating group) is 2. The highest BCUT2D eigenvalue weighted by Crippen LogP contribution is 2.18. The fourth-order valence-electron chi connectivity index (χ4n) is 2.58. The molecule has 0 radical (unpaired) electrons.